The van der Waals surface area contributed by atoms with Crippen molar-refractivity contribution in [2.45, 2.75) is 13.3 Å². The van der Waals surface area contributed by atoms with Gasteiger partial charge in [-0.2, -0.15) is 5.10 Å². The van der Waals surface area contributed by atoms with Gasteiger partial charge in [0, 0.05) is 6.21 Å². The largest absolute Gasteiger partial charge is 0.466 e. The van der Waals surface area contributed by atoms with Crippen LogP contribution in [0.3, 0.4) is 0 Å². The summed E-state index contributed by atoms with van der Waals surface area (Å²) >= 11 is 0. The Balaban J connectivity index is 3.27. The molecule has 0 heterocycles. The molecule has 0 fully saturated rings. The molecule has 0 aromatic heterocycles. The first-order chi connectivity index (χ1) is 4.31. The third-order valence-electron chi connectivity index (χ3n) is 0.669. The van der Waals surface area contributed by atoms with Gasteiger partial charge in [-0.05, 0) is 6.92 Å². The molecule has 0 amide bonds. The van der Waals surface area contributed by atoms with Crippen molar-refractivity contribution in [3.05, 3.63) is 0 Å². The molecule has 2 N–H and O–H groups in total. The van der Waals surface area contributed by atoms with E-state index in [1.54, 1.807) is 6.92 Å². The summed E-state index contributed by atoms with van der Waals surface area (Å²) in [6.07, 6.45) is 1.46. The summed E-state index contributed by atoms with van der Waals surface area (Å²) in [5.74, 6) is 4.44. The van der Waals surface area contributed by atoms with Gasteiger partial charge in [-0.1, -0.05) is 0 Å². The number of hydrogen-bond donors (Lipinski definition) is 1. The van der Waals surface area contributed by atoms with Gasteiger partial charge in [-0.15, -0.1) is 0 Å². The molecule has 0 aliphatic rings. The zero-order chi connectivity index (χ0) is 7.11. The highest BCUT2D eigenvalue weighted by atomic mass is 16.5. The van der Waals surface area contributed by atoms with Crippen LogP contribution >= 0.6 is 0 Å². The maximum atomic E-state index is 10.4. The number of esters is 1. The smallest absolute Gasteiger partial charge is 0.311 e. The molecule has 0 saturated heterocycles. The Morgan fingerprint density at radius 1 is 1.89 bits per heavy atom. The van der Waals surface area contributed by atoms with E-state index in [4.69, 9.17) is 5.84 Å². The lowest BCUT2D eigenvalue weighted by Crippen LogP contribution is -2.04. The average molecular weight is 130 g/mol. The number of nitrogens with two attached hydrogens (primary N) is 1. The molecule has 0 rings (SSSR count). The number of carbonyl (C=O) groups excluding carboxylic acids is 1. The minimum Gasteiger partial charge on any atom is -0.466 e. The van der Waals surface area contributed by atoms with E-state index in [0.717, 1.165) is 0 Å². The first kappa shape index (κ1) is 7.94. The summed E-state index contributed by atoms with van der Waals surface area (Å²) in [6, 6.07) is 0. The molecular formula is C5H10N2O2. The maximum Gasteiger partial charge on any atom is 0.311 e. The fraction of sp³-hybridized carbons (Fsp3) is 0.600. The molecular weight excluding hydrogens is 120 g/mol. The molecule has 52 valence electrons. The second-order valence-corrected chi connectivity index (χ2v) is 1.34. The highest BCUT2D eigenvalue weighted by Crippen LogP contribution is 1.80. The van der Waals surface area contributed by atoms with Gasteiger partial charge in [0.2, 0.25) is 0 Å². The quantitative estimate of drug-likeness (QED) is 0.251. The van der Waals surface area contributed by atoms with Crippen molar-refractivity contribution in [3.63, 3.8) is 0 Å². The van der Waals surface area contributed by atoms with Crippen LogP contribution in [0.25, 0.3) is 0 Å². The van der Waals surface area contributed by atoms with Gasteiger partial charge >= 0.3 is 5.97 Å². The van der Waals surface area contributed by atoms with Gasteiger partial charge in [0.1, 0.15) is 0 Å². The zero-order valence-corrected chi connectivity index (χ0v) is 5.33. The van der Waals surface area contributed by atoms with Crippen molar-refractivity contribution in [2.24, 2.45) is 10.9 Å². The van der Waals surface area contributed by atoms with E-state index >= 15 is 0 Å². The third kappa shape index (κ3) is 4.80. The molecule has 0 saturated carbocycles. The van der Waals surface area contributed by atoms with Gasteiger partial charge in [0.05, 0.1) is 13.0 Å². The predicted molar refractivity (Wildman–Crippen MR) is 33.9 cm³/mol. The van der Waals surface area contributed by atoms with Crippen LogP contribution in [0.2, 0.25) is 0 Å². The molecule has 0 aliphatic carbocycles. The Morgan fingerprint density at radius 2 is 2.56 bits per heavy atom. The SMILES string of the molecule is CCOC(=O)CC=NN. The van der Waals surface area contributed by atoms with Crippen molar-refractivity contribution >= 4 is 12.2 Å². The minimum atomic E-state index is -0.299. The Kier molecular flexibility index (Phi) is 4.49. The highest BCUT2D eigenvalue weighted by Gasteiger charge is 1.95. The van der Waals surface area contributed by atoms with Gasteiger partial charge < -0.3 is 10.6 Å². The van der Waals surface area contributed by atoms with E-state index < -0.39 is 0 Å². The van der Waals surface area contributed by atoms with Gasteiger partial charge in [-0.25, -0.2) is 0 Å². The van der Waals surface area contributed by atoms with Crippen LogP contribution in [0.5, 0.6) is 0 Å². The van der Waals surface area contributed by atoms with Crippen LogP contribution in [-0.4, -0.2) is 18.8 Å². The molecule has 9 heavy (non-hydrogen) atoms. The van der Waals surface area contributed by atoms with Crippen molar-refractivity contribution < 1.29 is 9.53 Å². The number of hydrazone groups is 1. The van der Waals surface area contributed by atoms with Crippen molar-refractivity contribution in [1.29, 1.82) is 0 Å². The van der Waals surface area contributed by atoms with Crippen LogP contribution in [0, 0.1) is 0 Å². The van der Waals surface area contributed by atoms with E-state index in [9.17, 15) is 4.79 Å². The molecule has 0 bridgehead atoms. The van der Waals surface area contributed by atoms with Gasteiger partial charge in [0.15, 0.2) is 0 Å². The van der Waals surface area contributed by atoms with Crippen LogP contribution in [0.1, 0.15) is 13.3 Å². The molecule has 0 radical (unpaired) electrons. The van der Waals surface area contributed by atoms with E-state index in [2.05, 4.69) is 9.84 Å². The standard InChI is InChI=1S/C5H10N2O2/c1-2-9-5(8)3-4-7-6/h4H,2-3,6H2,1H3. The van der Waals surface area contributed by atoms with Crippen molar-refractivity contribution in [2.75, 3.05) is 6.61 Å². The Hall–Kier alpha value is -1.06. The van der Waals surface area contributed by atoms with E-state index in [-0.39, 0.29) is 12.4 Å². The van der Waals surface area contributed by atoms with Crippen LogP contribution in [0.4, 0.5) is 0 Å². The molecule has 4 heteroatoms. The molecule has 0 spiro atoms. The summed E-state index contributed by atoms with van der Waals surface area (Å²) in [4.78, 5) is 10.4. The summed E-state index contributed by atoms with van der Waals surface area (Å²) in [5, 5.41) is 3.13. The summed E-state index contributed by atoms with van der Waals surface area (Å²) in [6.45, 7) is 2.15. The Bertz CT molecular complexity index is 112. The first-order valence-electron chi connectivity index (χ1n) is 2.68. The molecule has 0 unspecified atom stereocenters. The fourth-order valence-electron chi connectivity index (χ4n) is 0.347. The monoisotopic (exact) mass is 130 g/mol. The molecule has 0 aliphatic heterocycles. The fourth-order valence-corrected chi connectivity index (χ4v) is 0.347. The van der Waals surface area contributed by atoms with Crippen molar-refractivity contribution in [1.82, 2.24) is 0 Å². The lowest BCUT2D eigenvalue weighted by Gasteiger charge is -1.94. The van der Waals surface area contributed by atoms with E-state index in [1.807, 2.05) is 0 Å². The first-order valence-corrected chi connectivity index (χ1v) is 2.68. The Labute approximate surface area is 53.7 Å². The zero-order valence-electron chi connectivity index (χ0n) is 5.33. The summed E-state index contributed by atoms with van der Waals surface area (Å²) in [7, 11) is 0. The summed E-state index contributed by atoms with van der Waals surface area (Å²) < 4.78 is 4.56. The number of nitrogens with zero attached hydrogens (tertiary/aromatic N) is 1. The second-order valence-electron chi connectivity index (χ2n) is 1.34. The number of carbonyl (C=O) groups is 1. The maximum absolute atomic E-state index is 10.4. The topological polar surface area (TPSA) is 64.7 Å². The third-order valence-corrected chi connectivity index (χ3v) is 0.669. The van der Waals surface area contributed by atoms with Crippen LogP contribution in [-0.2, 0) is 9.53 Å². The normalized spacial score (nSPS) is 9.89. The van der Waals surface area contributed by atoms with E-state index in [0.29, 0.717) is 6.61 Å². The summed E-state index contributed by atoms with van der Waals surface area (Å²) in [5.41, 5.74) is 0. The average Bonchev–Trinajstić information content (AvgIpc) is 1.85. The Morgan fingerprint density at radius 3 is 3.00 bits per heavy atom. The molecule has 4 nitrogen and oxygen atoms in total. The minimum absolute atomic E-state index is 0.157. The van der Waals surface area contributed by atoms with Crippen molar-refractivity contribution in [3.8, 4) is 0 Å². The lowest BCUT2D eigenvalue weighted by atomic mass is 10.5. The van der Waals surface area contributed by atoms with Gasteiger partial charge in [0.25, 0.3) is 0 Å². The van der Waals surface area contributed by atoms with Crippen LogP contribution in [0.15, 0.2) is 5.10 Å². The number of ether oxygens (including phenoxy) is 1. The van der Waals surface area contributed by atoms with Gasteiger partial charge in [-0.3, -0.25) is 4.79 Å². The molecule has 0 aromatic carbocycles. The van der Waals surface area contributed by atoms with Crippen LogP contribution < -0.4 is 5.84 Å². The molecule has 0 atom stereocenters. The number of hydrogen-bond acceptors (Lipinski definition) is 4. The molecule has 0 aromatic rings. The number of rotatable bonds is 3. The highest BCUT2D eigenvalue weighted by molar-refractivity contribution is 5.85. The predicted octanol–water partition coefficient (Wildman–Crippen LogP) is -0.116. The lowest BCUT2D eigenvalue weighted by molar-refractivity contribution is -0.141. The second kappa shape index (κ2) is 5.08. The van der Waals surface area contributed by atoms with E-state index in [1.165, 1.54) is 6.21 Å².